The molecule has 0 bridgehead atoms. The summed E-state index contributed by atoms with van der Waals surface area (Å²) in [6, 6.07) is 0.412. The Bertz CT molecular complexity index is 471. The number of nitrogens with zero attached hydrogens (tertiary/aromatic N) is 2. The van der Waals surface area contributed by atoms with Crippen LogP contribution in [0.1, 0.15) is 40.0 Å². The lowest BCUT2D eigenvalue weighted by molar-refractivity contribution is 0.0505. The zero-order valence-corrected chi connectivity index (χ0v) is 12.8. The molecule has 0 saturated heterocycles. The van der Waals surface area contributed by atoms with Gasteiger partial charge in [0.25, 0.3) is 0 Å². The fourth-order valence-corrected chi connectivity index (χ4v) is 2.77. The van der Waals surface area contributed by atoms with Crippen molar-refractivity contribution >= 4 is 27.7 Å². The molecule has 0 aliphatic heterocycles. The lowest BCUT2D eigenvalue weighted by atomic mass is 10.2. The Hall–Kier alpha value is -1.57. The highest BCUT2D eigenvalue weighted by molar-refractivity contribution is 7.18. The molecule has 1 aromatic rings. The van der Waals surface area contributed by atoms with Crippen LogP contribution >= 0.6 is 11.3 Å². The molecule has 8 heteroatoms. The predicted molar refractivity (Wildman–Crippen MR) is 78.7 cm³/mol. The summed E-state index contributed by atoms with van der Waals surface area (Å²) in [7, 11) is 0. The fraction of sp³-hybridized carbons (Fsp3) is 0.750. The van der Waals surface area contributed by atoms with Crippen LogP contribution < -0.4 is 16.4 Å². The number of anilines is 2. The number of hydrogen-bond donors (Lipinski definition) is 3. The Morgan fingerprint density at radius 2 is 2.05 bits per heavy atom. The maximum absolute atomic E-state index is 11.7. The summed E-state index contributed by atoms with van der Waals surface area (Å²) in [5.74, 6) is 0. The van der Waals surface area contributed by atoms with Crippen LogP contribution in [-0.2, 0) is 4.74 Å². The summed E-state index contributed by atoms with van der Waals surface area (Å²) in [5.41, 5.74) is 5.07. The monoisotopic (exact) mass is 299 g/mol. The molecule has 1 heterocycles. The fourth-order valence-electron chi connectivity index (χ4n) is 2.19. The Balaban J connectivity index is 1.76. The lowest BCUT2D eigenvalue weighted by Crippen LogP contribution is -2.38. The van der Waals surface area contributed by atoms with Crippen LogP contribution in [-0.4, -0.2) is 34.0 Å². The summed E-state index contributed by atoms with van der Waals surface area (Å²) in [6.45, 7) is 5.56. The largest absolute Gasteiger partial charge is 0.444 e. The molecule has 2 unspecified atom stereocenters. The van der Waals surface area contributed by atoms with Crippen LogP contribution in [0, 0.1) is 0 Å². The Morgan fingerprint density at radius 1 is 1.35 bits per heavy atom. The average molecular weight is 299 g/mol. The van der Waals surface area contributed by atoms with E-state index >= 15 is 0 Å². The van der Waals surface area contributed by atoms with Crippen LogP contribution in [0.3, 0.4) is 0 Å². The molecule has 1 amide bonds. The molecule has 1 saturated carbocycles. The molecular formula is C12H21N5O2S. The van der Waals surface area contributed by atoms with Gasteiger partial charge in [0.2, 0.25) is 10.3 Å². The van der Waals surface area contributed by atoms with Gasteiger partial charge in [0.1, 0.15) is 5.60 Å². The van der Waals surface area contributed by atoms with Crippen LogP contribution in [0.15, 0.2) is 0 Å². The Kier molecular flexibility index (Phi) is 4.32. The number of rotatable bonds is 3. The smallest absolute Gasteiger partial charge is 0.407 e. The van der Waals surface area contributed by atoms with E-state index in [9.17, 15) is 4.79 Å². The van der Waals surface area contributed by atoms with Crippen molar-refractivity contribution < 1.29 is 9.53 Å². The summed E-state index contributed by atoms with van der Waals surface area (Å²) in [6.07, 6.45) is 2.38. The van der Waals surface area contributed by atoms with Crippen molar-refractivity contribution in [2.75, 3.05) is 11.1 Å². The summed E-state index contributed by atoms with van der Waals surface area (Å²) < 4.78 is 5.25. The van der Waals surface area contributed by atoms with Gasteiger partial charge in [0, 0.05) is 12.1 Å². The number of nitrogen functional groups attached to an aromatic ring is 1. The maximum Gasteiger partial charge on any atom is 0.407 e. The van der Waals surface area contributed by atoms with Gasteiger partial charge in [0.05, 0.1) is 0 Å². The first-order chi connectivity index (χ1) is 9.32. The van der Waals surface area contributed by atoms with E-state index in [1.807, 2.05) is 20.8 Å². The van der Waals surface area contributed by atoms with E-state index in [4.69, 9.17) is 10.5 Å². The quantitative estimate of drug-likeness (QED) is 0.788. The zero-order chi connectivity index (χ0) is 14.8. The lowest BCUT2D eigenvalue weighted by Gasteiger charge is -2.21. The number of hydrogen-bond acceptors (Lipinski definition) is 7. The highest BCUT2D eigenvalue weighted by atomic mass is 32.1. The third kappa shape index (κ3) is 4.52. The van der Waals surface area contributed by atoms with E-state index in [1.54, 1.807) is 0 Å². The van der Waals surface area contributed by atoms with Gasteiger partial charge in [-0.2, -0.15) is 0 Å². The molecule has 20 heavy (non-hydrogen) atoms. The molecule has 2 rings (SSSR count). The molecule has 2 atom stereocenters. The molecular weight excluding hydrogens is 278 g/mol. The number of amides is 1. The normalized spacial score (nSPS) is 22.6. The molecule has 0 spiro atoms. The van der Waals surface area contributed by atoms with Gasteiger partial charge >= 0.3 is 6.09 Å². The van der Waals surface area contributed by atoms with Crippen molar-refractivity contribution in [2.45, 2.75) is 57.7 Å². The SMILES string of the molecule is CC(C)(C)OC(=O)NC1CCC(Nc2nnc(N)s2)C1. The molecule has 7 nitrogen and oxygen atoms in total. The van der Waals surface area contributed by atoms with Crippen LogP contribution in [0.2, 0.25) is 0 Å². The van der Waals surface area contributed by atoms with E-state index in [2.05, 4.69) is 20.8 Å². The van der Waals surface area contributed by atoms with Gasteiger partial charge in [0.15, 0.2) is 0 Å². The molecule has 1 aromatic heterocycles. The van der Waals surface area contributed by atoms with E-state index in [0.29, 0.717) is 5.13 Å². The summed E-state index contributed by atoms with van der Waals surface area (Å²) in [4.78, 5) is 11.7. The molecule has 1 aliphatic carbocycles. The second-order valence-electron chi connectivity index (χ2n) is 5.94. The Morgan fingerprint density at radius 3 is 2.65 bits per heavy atom. The number of ether oxygens (including phenoxy) is 1. The predicted octanol–water partition coefficient (Wildman–Crippen LogP) is 1.98. The first kappa shape index (κ1) is 14.8. The molecule has 1 fully saturated rings. The minimum atomic E-state index is -0.468. The first-order valence-corrected chi connectivity index (χ1v) is 7.48. The van der Waals surface area contributed by atoms with Crippen molar-refractivity contribution in [2.24, 2.45) is 0 Å². The van der Waals surface area contributed by atoms with Gasteiger partial charge in [-0.05, 0) is 40.0 Å². The number of aromatic nitrogens is 2. The molecule has 0 aromatic carbocycles. The second kappa shape index (κ2) is 5.82. The van der Waals surface area contributed by atoms with E-state index in [1.165, 1.54) is 11.3 Å². The number of nitrogens with one attached hydrogen (secondary N) is 2. The highest BCUT2D eigenvalue weighted by Crippen LogP contribution is 2.25. The molecule has 1 aliphatic rings. The van der Waals surface area contributed by atoms with Crippen LogP contribution in [0.25, 0.3) is 0 Å². The van der Waals surface area contributed by atoms with Crippen molar-refractivity contribution in [3.8, 4) is 0 Å². The maximum atomic E-state index is 11.7. The van der Waals surface area contributed by atoms with Gasteiger partial charge in [-0.15, -0.1) is 10.2 Å². The minimum absolute atomic E-state index is 0.132. The van der Waals surface area contributed by atoms with Crippen LogP contribution in [0.5, 0.6) is 0 Å². The Labute approximate surface area is 122 Å². The van der Waals surface area contributed by atoms with Crippen molar-refractivity contribution in [1.29, 1.82) is 0 Å². The third-order valence-corrected chi connectivity index (χ3v) is 3.61. The zero-order valence-electron chi connectivity index (χ0n) is 12.0. The van der Waals surface area contributed by atoms with Crippen molar-refractivity contribution in [3.05, 3.63) is 0 Å². The van der Waals surface area contributed by atoms with Gasteiger partial charge in [-0.1, -0.05) is 11.3 Å². The summed E-state index contributed by atoms with van der Waals surface area (Å²) >= 11 is 1.33. The van der Waals surface area contributed by atoms with E-state index in [-0.39, 0.29) is 18.2 Å². The minimum Gasteiger partial charge on any atom is -0.444 e. The van der Waals surface area contributed by atoms with Gasteiger partial charge in [-0.3, -0.25) is 0 Å². The third-order valence-electron chi connectivity index (χ3n) is 2.92. The summed E-state index contributed by atoms with van der Waals surface area (Å²) in [5, 5.41) is 15.1. The van der Waals surface area contributed by atoms with Gasteiger partial charge < -0.3 is 21.1 Å². The standard InChI is InChI=1S/C12H21N5O2S/c1-12(2,3)19-11(18)15-8-5-4-7(6-8)14-10-17-16-9(13)20-10/h7-8H,4-6H2,1-3H3,(H2,13,16)(H,14,17)(H,15,18). The van der Waals surface area contributed by atoms with Crippen molar-refractivity contribution in [3.63, 3.8) is 0 Å². The second-order valence-corrected chi connectivity index (χ2v) is 6.95. The number of carbonyl (C=O) groups excluding carboxylic acids is 1. The molecule has 4 N–H and O–H groups in total. The van der Waals surface area contributed by atoms with Crippen molar-refractivity contribution in [1.82, 2.24) is 15.5 Å². The first-order valence-electron chi connectivity index (χ1n) is 6.67. The number of alkyl carbamates (subject to hydrolysis) is 1. The highest BCUT2D eigenvalue weighted by Gasteiger charge is 2.28. The average Bonchev–Trinajstić information content (AvgIpc) is 2.86. The van der Waals surface area contributed by atoms with Gasteiger partial charge in [-0.25, -0.2) is 4.79 Å². The topological polar surface area (TPSA) is 102 Å². The number of carbonyl (C=O) groups is 1. The molecule has 0 radical (unpaired) electrons. The van der Waals surface area contributed by atoms with E-state index < -0.39 is 5.60 Å². The van der Waals surface area contributed by atoms with E-state index in [0.717, 1.165) is 24.4 Å². The molecule has 112 valence electrons. The van der Waals surface area contributed by atoms with Crippen LogP contribution in [0.4, 0.5) is 15.1 Å². The number of nitrogens with two attached hydrogens (primary N) is 1.